The Balaban J connectivity index is 2.14. The first-order valence-corrected chi connectivity index (χ1v) is 5.82. The minimum Gasteiger partial charge on any atom is -0.359 e. The van der Waals surface area contributed by atoms with Crippen LogP contribution in [0.25, 0.3) is 0 Å². The molecule has 0 aromatic heterocycles. The van der Waals surface area contributed by atoms with E-state index < -0.39 is 0 Å². The Morgan fingerprint density at radius 3 is 2.93 bits per heavy atom. The van der Waals surface area contributed by atoms with E-state index in [0.717, 1.165) is 26.1 Å². The number of nitrogens with one attached hydrogen (secondary N) is 1. The highest BCUT2D eigenvalue weighted by atomic mass is 16.1. The average Bonchev–Trinajstić information content (AvgIpc) is 2.23. The van der Waals surface area contributed by atoms with Crippen LogP contribution in [0.3, 0.4) is 0 Å². The maximum absolute atomic E-state index is 11.0. The molecule has 3 N–H and O–H groups in total. The van der Waals surface area contributed by atoms with E-state index in [1.807, 2.05) is 0 Å². The Bertz CT molecular complexity index is 208. The molecule has 0 saturated carbocycles. The van der Waals surface area contributed by atoms with E-state index in [9.17, 15) is 4.79 Å². The quantitative estimate of drug-likeness (QED) is 0.700. The Morgan fingerprint density at radius 1 is 1.60 bits per heavy atom. The number of carbonyl (C=O) groups excluding carboxylic acids is 1. The van der Waals surface area contributed by atoms with Gasteiger partial charge in [0.2, 0.25) is 5.91 Å². The van der Waals surface area contributed by atoms with Gasteiger partial charge in [0.05, 0.1) is 0 Å². The molecule has 2 atom stereocenters. The monoisotopic (exact) mass is 213 g/mol. The zero-order valence-electron chi connectivity index (χ0n) is 9.83. The number of rotatable bonds is 4. The lowest BCUT2D eigenvalue weighted by Crippen LogP contribution is -2.47. The summed E-state index contributed by atoms with van der Waals surface area (Å²) in [6.45, 7) is 5.32. The number of piperidine rings is 1. The van der Waals surface area contributed by atoms with Gasteiger partial charge in [-0.3, -0.25) is 4.79 Å². The molecule has 0 aromatic carbocycles. The minimum atomic E-state index is 0.129. The zero-order valence-corrected chi connectivity index (χ0v) is 9.83. The van der Waals surface area contributed by atoms with Crippen LogP contribution in [0.15, 0.2) is 0 Å². The lowest BCUT2D eigenvalue weighted by molar-refractivity contribution is -0.120. The van der Waals surface area contributed by atoms with E-state index in [1.165, 1.54) is 6.42 Å². The van der Waals surface area contributed by atoms with Gasteiger partial charge in [0.15, 0.2) is 0 Å². The van der Waals surface area contributed by atoms with Gasteiger partial charge in [-0.25, -0.2) is 0 Å². The third-order valence-electron chi connectivity index (χ3n) is 3.26. The van der Waals surface area contributed by atoms with Crippen LogP contribution in [0.1, 0.15) is 26.2 Å². The van der Waals surface area contributed by atoms with E-state index in [-0.39, 0.29) is 5.91 Å². The number of hydrogen-bond donors (Lipinski definition) is 2. The summed E-state index contributed by atoms with van der Waals surface area (Å²) in [4.78, 5) is 13.4. The zero-order chi connectivity index (χ0) is 11.3. The van der Waals surface area contributed by atoms with Gasteiger partial charge < -0.3 is 16.0 Å². The number of hydrogen-bond acceptors (Lipinski definition) is 3. The molecule has 1 heterocycles. The summed E-state index contributed by atoms with van der Waals surface area (Å²) in [5.74, 6) is 0.768. The normalized spacial score (nSPS) is 27.7. The number of amides is 1. The van der Waals surface area contributed by atoms with Crippen molar-refractivity contribution in [3.05, 3.63) is 0 Å². The van der Waals surface area contributed by atoms with Gasteiger partial charge in [-0.15, -0.1) is 0 Å². The summed E-state index contributed by atoms with van der Waals surface area (Å²) >= 11 is 0. The molecule has 4 heteroatoms. The molecule has 0 radical (unpaired) electrons. The molecule has 0 spiro atoms. The van der Waals surface area contributed by atoms with Crippen LogP contribution in [0.2, 0.25) is 0 Å². The number of likely N-dealkylation sites (tertiary alicyclic amines) is 1. The topological polar surface area (TPSA) is 58.4 Å². The van der Waals surface area contributed by atoms with Crippen LogP contribution in [0.4, 0.5) is 0 Å². The summed E-state index contributed by atoms with van der Waals surface area (Å²) in [7, 11) is 1.68. The van der Waals surface area contributed by atoms with E-state index in [2.05, 4.69) is 17.1 Å². The molecule has 0 bridgehead atoms. The van der Waals surface area contributed by atoms with Crippen LogP contribution >= 0.6 is 0 Å². The Labute approximate surface area is 92.2 Å². The summed E-state index contributed by atoms with van der Waals surface area (Å²) in [5, 5.41) is 2.64. The molecule has 0 aromatic rings. The van der Waals surface area contributed by atoms with Gasteiger partial charge in [-0.05, 0) is 31.8 Å². The van der Waals surface area contributed by atoms with Crippen molar-refractivity contribution in [2.45, 2.75) is 32.2 Å². The van der Waals surface area contributed by atoms with Crippen LogP contribution in [-0.4, -0.2) is 43.5 Å². The van der Waals surface area contributed by atoms with Crippen molar-refractivity contribution >= 4 is 5.91 Å². The molecular formula is C11H23N3O. The van der Waals surface area contributed by atoms with E-state index in [0.29, 0.717) is 18.4 Å². The molecule has 1 rings (SSSR count). The largest absolute Gasteiger partial charge is 0.359 e. The fraction of sp³-hybridized carbons (Fsp3) is 0.909. The maximum atomic E-state index is 11.0. The second kappa shape index (κ2) is 6.08. The summed E-state index contributed by atoms with van der Waals surface area (Å²) in [6.07, 6.45) is 2.74. The fourth-order valence-electron chi connectivity index (χ4n) is 1.96. The summed E-state index contributed by atoms with van der Waals surface area (Å²) in [6, 6.07) is 0.304. The first-order chi connectivity index (χ1) is 7.13. The van der Waals surface area contributed by atoms with Crippen molar-refractivity contribution in [1.82, 2.24) is 10.2 Å². The molecule has 4 nitrogen and oxygen atoms in total. The fourth-order valence-corrected chi connectivity index (χ4v) is 1.96. The number of nitrogens with two attached hydrogens (primary N) is 1. The minimum absolute atomic E-state index is 0.129. The SMILES string of the molecule is CNC(=O)CCCN1CCC(C)C(N)C1. The lowest BCUT2D eigenvalue weighted by atomic mass is 9.94. The van der Waals surface area contributed by atoms with Crippen molar-refractivity contribution in [3.63, 3.8) is 0 Å². The molecule has 1 fully saturated rings. The van der Waals surface area contributed by atoms with Gasteiger partial charge in [0.1, 0.15) is 0 Å². The van der Waals surface area contributed by atoms with Crippen LogP contribution in [0.5, 0.6) is 0 Å². The molecule has 2 unspecified atom stereocenters. The van der Waals surface area contributed by atoms with Gasteiger partial charge in [0, 0.05) is 26.1 Å². The summed E-state index contributed by atoms with van der Waals surface area (Å²) < 4.78 is 0. The molecule has 1 saturated heterocycles. The second-order valence-electron chi connectivity index (χ2n) is 4.51. The van der Waals surface area contributed by atoms with Gasteiger partial charge in [-0.2, -0.15) is 0 Å². The summed E-state index contributed by atoms with van der Waals surface area (Å²) in [5.41, 5.74) is 6.01. The first kappa shape index (κ1) is 12.5. The highest BCUT2D eigenvalue weighted by molar-refractivity contribution is 5.75. The highest BCUT2D eigenvalue weighted by Crippen LogP contribution is 2.15. The van der Waals surface area contributed by atoms with E-state index in [1.54, 1.807) is 7.05 Å². The van der Waals surface area contributed by atoms with Crippen molar-refractivity contribution in [3.8, 4) is 0 Å². The molecule has 15 heavy (non-hydrogen) atoms. The van der Waals surface area contributed by atoms with Crippen molar-refractivity contribution in [1.29, 1.82) is 0 Å². The van der Waals surface area contributed by atoms with Crippen molar-refractivity contribution in [2.24, 2.45) is 11.7 Å². The third-order valence-corrected chi connectivity index (χ3v) is 3.26. The van der Waals surface area contributed by atoms with Crippen molar-refractivity contribution < 1.29 is 4.79 Å². The standard InChI is InChI=1S/C11H23N3O/c1-9-5-7-14(8-10(9)12)6-3-4-11(15)13-2/h9-10H,3-8,12H2,1-2H3,(H,13,15). The maximum Gasteiger partial charge on any atom is 0.219 e. The van der Waals surface area contributed by atoms with Crippen molar-refractivity contribution in [2.75, 3.05) is 26.7 Å². The molecule has 0 aliphatic carbocycles. The highest BCUT2D eigenvalue weighted by Gasteiger charge is 2.22. The number of nitrogens with zero attached hydrogens (tertiary/aromatic N) is 1. The van der Waals surface area contributed by atoms with Crippen LogP contribution in [0, 0.1) is 5.92 Å². The molecular weight excluding hydrogens is 190 g/mol. The molecule has 1 aliphatic rings. The average molecular weight is 213 g/mol. The molecule has 1 aliphatic heterocycles. The number of carbonyl (C=O) groups is 1. The Kier molecular flexibility index (Phi) is 5.05. The van der Waals surface area contributed by atoms with Gasteiger partial charge in [0.25, 0.3) is 0 Å². The molecule has 88 valence electrons. The van der Waals surface area contributed by atoms with Gasteiger partial charge in [-0.1, -0.05) is 6.92 Å². The molecule has 1 amide bonds. The lowest BCUT2D eigenvalue weighted by Gasteiger charge is -2.34. The van der Waals surface area contributed by atoms with E-state index in [4.69, 9.17) is 5.73 Å². The first-order valence-electron chi connectivity index (χ1n) is 5.82. The Morgan fingerprint density at radius 2 is 2.33 bits per heavy atom. The second-order valence-corrected chi connectivity index (χ2v) is 4.51. The Hall–Kier alpha value is -0.610. The third kappa shape index (κ3) is 4.18. The predicted octanol–water partition coefficient (Wildman–Crippen LogP) is 0.182. The van der Waals surface area contributed by atoms with Crippen LogP contribution in [-0.2, 0) is 4.79 Å². The smallest absolute Gasteiger partial charge is 0.219 e. The van der Waals surface area contributed by atoms with Crippen LogP contribution < -0.4 is 11.1 Å². The van der Waals surface area contributed by atoms with E-state index >= 15 is 0 Å². The predicted molar refractivity (Wildman–Crippen MR) is 61.5 cm³/mol. The van der Waals surface area contributed by atoms with Gasteiger partial charge >= 0.3 is 0 Å².